The summed E-state index contributed by atoms with van der Waals surface area (Å²) in [6.07, 6.45) is 0. The average Bonchev–Trinajstić information content (AvgIpc) is 2.56. The Bertz CT molecular complexity index is 643. The van der Waals surface area contributed by atoms with Crippen LogP contribution in [0.15, 0.2) is 53.0 Å². The molecule has 0 spiro atoms. The zero-order valence-corrected chi connectivity index (χ0v) is 16.3. The number of carbonyl (C=O) groups is 1. The van der Waals surface area contributed by atoms with Crippen molar-refractivity contribution in [1.29, 1.82) is 0 Å². The molecule has 2 rings (SSSR count). The SMILES string of the molecule is Cc1ccc(OC[C@H](C)NC(=O)CSCc2ccc(Br)cc2)cc1. The Balaban J connectivity index is 1.64. The molecule has 128 valence electrons. The Morgan fingerprint density at radius 3 is 2.50 bits per heavy atom. The second-order valence-corrected chi connectivity index (χ2v) is 7.61. The minimum absolute atomic E-state index is 0.0212. The summed E-state index contributed by atoms with van der Waals surface area (Å²) in [6.45, 7) is 4.45. The fraction of sp³-hybridized carbons (Fsp3) is 0.316. The number of carbonyl (C=O) groups excluding carboxylic acids is 1. The van der Waals surface area contributed by atoms with Crippen molar-refractivity contribution in [3.63, 3.8) is 0 Å². The molecule has 0 aliphatic rings. The van der Waals surface area contributed by atoms with Crippen LogP contribution in [0.2, 0.25) is 0 Å². The smallest absolute Gasteiger partial charge is 0.230 e. The minimum atomic E-state index is -0.0212. The lowest BCUT2D eigenvalue weighted by molar-refractivity contribution is -0.119. The summed E-state index contributed by atoms with van der Waals surface area (Å²) in [4.78, 5) is 12.0. The van der Waals surface area contributed by atoms with Gasteiger partial charge >= 0.3 is 0 Å². The van der Waals surface area contributed by atoms with Crippen LogP contribution in [0.25, 0.3) is 0 Å². The molecule has 2 aromatic rings. The molecule has 0 heterocycles. The molecule has 0 radical (unpaired) electrons. The van der Waals surface area contributed by atoms with Crippen molar-refractivity contribution in [1.82, 2.24) is 5.32 Å². The number of nitrogens with one attached hydrogen (secondary N) is 1. The fourth-order valence-electron chi connectivity index (χ4n) is 2.06. The molecule has 0 aliphatic carbocycles. The number of halogens is 1. The predicted octanol–water partition coefficient (Wildman–Crippen LogP) is 4.57. The number of ether oxygens (including phenoxy) is 1. The molecule has 0 aromatic heterocycles. The second-order valence-electron chi connectivity index (χ2n) is 5.71. The van der Waals surface area contributed by atoms with Crippen LogP contribution >= 0.6 is 27.7 Å². The number of amides is 1. The summed E-state index contributed by atoms with van der Waals surface area (Å²) in [5.74, 6) is 2.14. The first-order valence-corrected chi connectivity index (χ1v) is 9.79. The van der Waals surface area contributed by atoms with Gasteiger partial charge in [-0.15, -0.1) is 11.8 Å². The van der Waals surface area contributed by atoms with Gasteiger partial charge in [-0.1, -0.05) is 45.8 Å². The molecule has 1 atom stereocenters. The third kappa shape index (κ3) is 6.97. The van der Waals surface area contributed by atoms with Crippen molar-refractivity contribution in [3.8, 4) is 5.75 Å². The van der Waals surface area contributed by atoms with Crippen LogP contribution < -0.4 is 10.1 Å². The predicted molar refractivity (Wildman–Crippen MR) is 105 cm³/mol. The molecule has 0 aliphatic heterocycles. The monoisotopic (exact) mass is 407 g/mol. The summed E-state index contributed by atoms with van der Waals surface area (Å²) in [5, 5.41) is 2.96. The van der Waals surface area contributed by atoms with E-state index in [4.69, 9.17) is 4.74 Å². The summed E-state index contributed by atoms with van der Waals surface area (Å²) in [5.41, 5.74) is 2.42. The van der Waals surface area contributed by atoms with E-state index in [1.165, 1.54) is 11.1 Å². The Kier molecular flexibility index (Phi) is 7.66. The van der Waals surface area contributed by atoms with Crippen molar-refractivity contribution in [2.45, 2.75) is 25.6 Å². The molecule has 0 bridgehead atoms. The Hall–Kier alpha value is -1.46. The van der Waals surface area contributed by atoms with Crippen LogP contribution in [-0.4, -0.2) is 24.3 Å². The van der Waals surface area contributed by atoms with Gasteiger partial charge in [0.15, 0.2) is 0 Å². The van der Waals surface area contributed by atoms with Gasteiger partial charge in [-0.25, -0.2) is 0 Å². The summed E-state index contributed by atoms with van der Waals surface area (Å²) in [7, 11) is 0. The second kappa shape index (κ2) is 9.74. The van der Waals surface area contributed by atoms with E-state index in [0.717, 1.165) is 16.0 Å². The lowest BCUT2D eigenvalue weighted by Crippen LogP contribution is -2.37. The third-order valence-corrected chi connectivity index (χ3v) is 4.88. The van der Waals surface area contributed by atoms with Crippen molar-refractivity contribution in [2.24, 2.45) is 0 Å². The normalized spacial score (nSPS) is 11.8. The Labute approximate surface area is 156 Å². The largest absolute Gasteiger partial charge is 0.491 e. The number of hydrogen-bond donors (Lipinski definition) is 1. The topological polar surface area (TPSA) is 38.3 Å². The molecule has 0 fully saturated rings. The molecule has 2 aromatic carbocycles. The number of rotatable bonds is 8. The van der Waals surface area contributed by atoms with Gasteiger partial charge in [-0.2, -0.15) is 0 Å². The highest BCUT2D eigenvalue weighted by molar-refractivity contribution is 9.10. The highest BCUT2D eigenvalue weighted by atomic mass is 79.9. The summed E-state index contributed by atoms with van der Waals surface area (Å²) < 4.78 is 6.75. The molecule has 24 heavy (non-hydrogen) atoms. The van der Waals surface area contributed by atoms with Crippen LogP contribution in [0.1, 0.15) is 18.1 Å². The van der Waals surface area contributed by atoms with Crippen LogP contribution in [0.3, 0.4) is 0 Å². The number of hydrogen-bond acceptors (Lipinski definition) is 3. The third-order valence-electron chi connectivity index (χ3n) is 3.34. The van der Waals surface area contributed by atoms with E-state index >= 15 is 0 Å². The van der Waals surface area contributed by atoms with Gasteiger partial charge in [0.1, 0.15) is 12.4 Å². The highest BCUT2D eigenvalue weighted by Crippen LogP contribution is 2.16. The fourth-order valence-corrected chi connectivity index (χ4v) is 3.12. The van der Waals surface area contributed by atoms with Crippen molar-refractivity contribution >= 4 is 33.6 Å². The molecule has 3 nitrogen and oxygen atoms in total. The van der Waals surface area contributed by atoms with Gasteiger partial charge in [0.25, 0.3) is 0 Å². The van der Waals surface area contributed by atoms with E-state index in [-0.39, 0.29) is 11.9 Å². The average molecular weight is 408 g/mol. The summed E-state index contributed by atoms with van der Waals surface area (Å²) >= 11 is 5.03. The standard InChI is InChI=1S/C19H22BrNO2S/c1-14-3-9-18(10-4-14)23-11-15(2)21-19(22)13-24-12-16-5-7-17(20)8-6-16/h3-10,15H,11-13H2,1-2H3,(H,21,22)/t15-/m0/s1. The van der Waals surface area contributed by atoms with Crippen LogP contribution in [0.4, 0.5) is 0 Å². The van der Waals surface area contributed by atoms with Crippen LogP contribution in [0, 0.1) is 6.92 Å². The van der Waals surface area contributed by atoms with E-state index in [0.29, 0.717) is 12.4 Å². The van der Waals surface area contributed by atoms with Crippen molar-refractivity contribution < 1.29 is 9.53 Å². The first kappa shape index (κ1) is 18.9. The van der Waals surface area contributed by atoms with E-state index in [1.807, 2.05) is 50.2 Å². The lowest BCUT2D eigenvalue weighted by Gasteiger charge is -2.15. The van der Waals surface area contributed by atoms with E-state index < -0.39 is 0 Å². The van der Waals surface area contributed by atoms with E-state index in [2.05, 4.69) is 33.4 Å². The Morgan fingerprint density at radius 2 is 1.83 bits per heavy atom. The van der Waals surface area contributed by atoms with Crippen LogP contribution in [0.5, 0.6) is 5.75 Å². The molecular formula is C19H22BrNO2S. The van der Waals surface area contributed by atoms with Gasteiger partial charge in [0, 0.05) is 10.2 Å². The minimum Gasteiger partial charge on any atom is -0.491 e. The zero-order valence-electron chi connectivity index (χ0n) is 13.9. The number of benzene rings is 2. The van der Waals surface area contributed by atoms with Gasteiger partial charge in [0.2, 0.25) is 5.91 Å². The number of aryl methyl sites for hydroxylation is 1. The molecule has 5 heteroatoms. The van der Waals surface area contributed by atoms with Gasteiger partial charge in [-0.05, 0) is 43.7 Å². The first-order valence-electron chi connectivity index (χ1n) is 7.84. The molecular weight excluding hydrogens is 386 g/mol. The van der Waals surface area contributed by atoms with Crippen molar-refractivity contribution in [2.75, 3.05) is 12.4 Å². The van der Waals surface area contributed by atoms with Gasteiger partial charge < -0.3 is 10.1 Å². The van der Waals surface area contributed by atoms with Gasteiger partial charge in [-0.3, -0.25) is 4.79 Å². The maximum absolute atomic E-state index is 12.0. The zero-order chi connectivity index (χ0) is 17.4. The highest BCUT2D eigenvalue weighted by Gasteiger charge is 2.08. The van der Waals surface area contributed by atoms with E-state index in [1.54, 1.807) is 11.8 Å². The van der Waals surface area contributed by atoms with Gasteiger partial charge in [0.05, 0.1) is 11.8 Å². The van der Waals surface area contributed by atoms with Crippen LogP contribution in [-0.2, 0) is 10.5 Å². The summed E-state index contributed by atoms with van der Waals surface area (Å²) in [6, 6.07) is 16.0. The number of thioether (sulfide) groups is 1. The maximum atomic E-state index is 12.0. The first-order chi connectivity index (χ1) is 11.5. The Morgan fingerprint density at radius 1 is 1.17 bits per heavy atom. The molecule has 1 N–H and O–H groups in total. The maximum Gasteiger partial charge on any atom is 0.230 e. The quantitative estimate of drug-likeness (QED) is 0.695. The molecule has 0 saturated carbocycles. The van der Waals surface area contributed by atoms with E-state index in [9.17, 15) is 4.79 Å². The van der Waals surface area contributed by atoms with Crippen molar-refractivity contribution in [3.05, 3.63) is 64.1 Å². The molecule has 0 unspecified atom stereocenters. The lowest BCUT2D eigenvalue weighted by atomic mass is 10.2. The molecule has 0 saturated heterocycles. The molecule has 1 amide bonds.